The largest absolute Gasteiger partial charge is 0.488 e. The molecule has 1 amide bonds. The average Bonchev–Trinajstić information content (AvgIpc) is 3.07. The van der Waals surface area contributed by atoms with Crippen molar-refractivity contribution >= 4 is 51.8 Å². The van der Waals surface area contributed by atoms with Gasteiger partial charge in [-0.15, -0.1) is 0 Å². The van der Waals surface area contributed by atoms with Gasteiger partial charge in [-0.25, -0.2) is 0 Å². The molecule has 1 heterocycles. The Hall–Kier alpha value is -3.22. The highest BCUT2D eigenvalue weighted by atomic mass is 32.2. The Morgan fingerprint density at radius 1 is 1.06 bits per heavy atom. The van der Waals surface area contributed by atoms with Crippen molar-refractivity contribution in [3.63, 3.8) is 0 Å². The SMILES string of the molecule is CC(=O)c1cccc(N2C(=O)C(=Cc3ccccc3OCc3ccc(C)cc3)SC2=S)c1. The molecule has 0 spiro atoms. The number of Topliss-reactive ketones (excluding diaryl/α,β-unsaturated/α-hetero) is 1. The van der Waals surface area contributed by atoms with Crippen LogP contribution in [0.2, 0.25) is 0 Å². The molecule has 0 aromatic heterocycles. The van der Waals surface area contributed by atoms with Gasteiger partial charge < -0.3 is 4.74 Å². The zero-order valence-corrected chi connectivity index (χ0v) is 19.3. The molecule has 160 valence electrons. The fourth-order valence-corrected chi connectivity index (χ4v) is 4.56. The first-order valence-electron chi connectivity index (χ1n) is 10.1. The maximum atomic E-state index is 13.1. The lowest BCUT2D eigenvalue weighted by Crippen LogP contribution is -2.27. The first-order chi connectivity index (χ1) is 15.4. The second kappa shape index (κ2) is 9.51. The van der Waals surface area contributed by atoms with Gasteiger partial charge in [0.25, 0.3) is 5.91 Å². The third-order valence-electron chi connectivity index (χ3n) is 5.03. The van der Waals surface area contributed by atoms with Gasteiger partial charge in [0, 0.05) is 11.1 Å². The molecule has 1 saturated heterocycles. The summed E-state index contributed by atoms with van der Waals surface area (Å²) in [7, 11) is 0. The van der Waals surface area contributed by atoms with Gasteiger partial charge in [-0.2, -0.15) is 0 Å². The lowest BCUT2D eigenvalue weighted by molar-refractivity contribution is -0.113. The summed E-state index contributed by atoms with van der Waals surface area (Å²) < 4.78 is 6.47. The summed E-state index contributed by atoms with van der Waals surface area (Å²) in [6, 6.07) is 22.7. The number of rotatable bonds is 6. The van der Waals surface area contributed by atoms with Crippen molar-refractivity contribution < 1.29 is 14.3 Å². The van der Waals surface area contributed by atoms with Crippen molar-refractivity contribution in [2.45, 2.75) is 20.5 Å². The predicted molar refractivity (Wildman–Crippen MR) is 134 cm³/mol. The molecule has 4 nitrogen and oxygen atoms in total. The number of benzene rings is 3. The normalized spacial score (nSPS) is 14.8. The van der Waals surface area contributed by atoms with Gasteiger partial charge in [0.2, 0.25) is 0 Å². The summed E-state index contributed by atoms with van der Waals surface area (Å²) in [6.45, 7) is 3.98. The van der Waals surface area contributed by atoms with Gasteiger partial charge in [0.15, 0.2) is 10.1 Å². The number of aryl methyl sites for hydroxylation is 1. The molecule has 0 bridgehead atoms. The third kappa shape index (κ3) is 4.82. The Morgan fingerprint density at radius 2 is 1.81 bits per heavy atom. The Morgan fingerprint density at radius 3 is 2.56 bits per heavy atom. The number of para-hydroxylation sites is 1. The van der Waals surface area contributed by atoms with Crippen LogP contribution in [0.1, 0.15) is 34.0 Å². The first-order valence-corrected chi connectivity index (χ1v) is 11.3. The number of hydrogen-bond acceptors (Lipinski definition) is 5. The average molecular weight is 460 g/mol. The molecule has 0 N–H and O–H groups in total. The molecule has 3 aromatic carbocycles. The van der Waals surface area contributed by atoms with E-state index in [4.69, 9.17) is 17.0 Å². The third-order valence-corrected chi connectivity index (χ3v) is 6.33. The molecule has 3 aromatic rings. The van der Waals surface area contributed by atoms with Crippen LogP contribution in [0.25, 0.3) is 6.08 Å². The molecule has 0 radical (unpaired) electrons. The van der Waals surface area contributed by atoms with Gasteiger partial charge >= 0.3 is 0 Å². The Kier molecular flexibility index (Phi) is 6.53. The van der Waals surface area contributed by atoms with Crippen LogP contribution in [-0.2, 0) is 11.4 Å². The molecule has 0 saturated carbocycles. The number of thiocarbonyl (C=S) groups is 1. The predicted octanol–water partition coefficient (Wildman–Crippen LogP) is 6.18. The monoisotopic (exact) mass is 459 g/mol. The maximum Gasteiger partial charge on any atom is 0.270 e. The van der Waals surface area contributed by atoms with E-state index in [-0.39, 0.29) is 11.7 Å². The van der Waals surface area contributed by atoms with E-state index >= 15 is 0 Å². The van der Waals surface area contributed by atoms with Gasteiger partial charge in [0.05, 0.1) is 10.6 Å². The van der Waals surface area contributed by atoms with Crippen LogP contribution in [0.15, 0.2) is 77.7 Å². The van der Waals surface area contributed by atoms with E-state index in [0.717, 1.165) is 11.1 Å². The van der Waals surface area contributed by atoms with Crippen molar-refractivity contribution in [1.29, 1.82) is 0 Å². The quantitative estimate of drug-likeness (QED) is 0.250. The van der Waals surface area contributed by atoms with E-state index in [1.165, 1.54) is 29.1 Å². The minimum Gasteiger partial charge on any atom is -0.488 e. The van der Waals surface area contributed by atoms with E-state index in [9.17, 15) is 9.59 Å². The van der Waals surface area contributed by atoms with Crippen LogP contribution < -0.4 is 9.64 Å². The van der Waals surface area contributed by atoms with Gasteiger partial charge in [-0.05, 0) is 43.7 Å². The highest BCUT2D eigenvalue weighted by Gasteiger charge is 2.33. The first kappa shape index (κ1) is 22.0. The van der Waals surface area contributed by atoms with Crippen molar-refractivity contribution in [3.8, 4) is 5.75 Å². The number of carbonyl (C=O) groups is 2. The van der Waals surface area contributed by atoms with Crippen LogP contribution in [-0.4, -0.2) is 16.0 Å². The smallest absolute Gasteiger partial charge is 0.270 e. The fraction of sp³-hybridized carbons (Fsp3) is 0.115. The van der Waals surface area contributed by atoms with Crippen LogP contribution in [0.3, 0.4) is 0 Å². The number of anilines is 1. The Labute approximate surface area is 196 Å². The van der Waals surface area contributed by atoms with Crippen molar-refractivity contribution in [1.82, 2.24) is 0 Å². The Bertz CT molecular complexity index is 1230. The van der Waals surface area contributed by atoms with E-state index in [0.29, 0.717) is 32.8 Å². The van der Waals surface area contributed by atoms with Crippen LogP contribution in [0.4, 0.5) is 5.69 Å². The van der Waals surface area contributed by atoms with Crippen LogP contribution >= 0.6 is 24.0 Å². The summed E-state index contributed by atoms with van der Waals surface area (Å²) in [6.07, 6.45) is 1.80. The second-order valence-electron chi connectivity index (χ2n) is 7.44. The van der Waals surface area contributed by atoms with E-state index in [1.807, 2.05) is 43.3 Å². The molecule has 0 atom stereocenters. The highest BCUT2D eigenvalue weighted by molar-refractivity contribution is 8.27. The number of amides is 1. The molecular formula is C26H21NO3S2. The molecule has 1 aliphatic heterocycles. The molecule has 0 unspecified atom stereocenters. The van der Waals surface area contributed by atoms with Crippen molar-refractivity contribution in [2.24, 2.45) is 0 Å². The number of thioether (sulfide) groups is 1. The zero-order chi connectivity index (χ0) is 22.7. The number of ketones is 1. The molecule has 0 aliphatic carbocycles. The number of nitrogens with zero attached hydrogens (tertiary/aromatic N) is 1. The molecule has 1 fully saturated rings. The lowest BCUT2D eigenvalue weighted by Gasteiger charge is -2.15. The molecule has 1 aliphatic rings. The second-order valence-corrected chi connectivity index (χ2v) is 9.11. The lowest BCUT2D eigenvalue weighted by atomic mass is 10.1. The van der Waals surface area contributed by atoms with Crippen LogP contribution in [0, 0.1) is 6.92 Å². The van der Waals surface area contributed by atoms with E-state index < -0.39 is 0 Å². The molecule has 4 rings (SSSR count). The minimum absolute atomic E-state index is 0.0625. The fourth-order valence-electron chi connectivity index (χ4n) is 3.27. The topological polar surface area (TPSA) is 46.6 Å². The van der Waals surface area contributed by atoms with Gasteiger partial charge in [0.1, 0.15) is 12.4 Å². The summed E-state index contributed by atoms with van der Waals surface area (Å²) in [5.41, 5.74) is 4.20. The van der Waals surface area contributed by atoms with Gasteiger partial charge in [-0.3, -0.25) is 14.5 Å². The number of hydrogen-bond donors (Lipinski definition) is 0. The van der Waals surface area contributed by atoms with Crippen molar-refractivity contribution in [2.75, 3.05) is 4.90 Å². The highest BCUT2D eigenvalue weighted by Crippen LogP contribution is 2.37. The van der Waals surface area contributed by atoms with E-state index in [1.54, 1.807) is 30.3 Å². The molecule has 6 heteroatoms. The summed E-state index contributed by atoms with van der Waals surface area (Å²) in [5, 5.41) is 0. The van der Waals surface area contributed by atoms with E-state index in [2.05, 4.69) is 12.1 Å². The minimum atomic E-state index is -0.214. The molecule has 32 heavy (non-hydrogen) atoms. The van der Waals surface area contributed by atoms with Crippen LogP contribution in [0.5, 0.6) is 5.75 Å². The standard InChI is InChI=1S/C26H21NO3S2/c1-17-10-12-19(13-11-17)16-30-23-9-4-3-6-21(23)15-24-25(29)27(26(31)32-24)22-8-5-7-20(14-22)18(2)28/h3-15H,16H2,1-2H3. The summed E-state index contributed by atoms with van der Waals surface area (Å²) in [4.78, 5) is 26.9. The summed E-state index contributed by atoms with van der Waals surface area (Å²) >= 11 is 6.71. The summed E-state index contributed by atoms with van der Waals surface area (Å²) in [5.74, 6) is 0.415. The zero-order valence-electron chi connectivity index (χ0n) is 17.7. The van der Waals surface area contributed by atoms with Gasteiger partial charge in [-0.1, -0.05) is 84.1 Å². The number of ether oxygens (including phenoxy) is 1. The van der Waals surface area contributed by atoms with Crippen molar-refractivity contribution in [3.05, 3.63) is 100.0 Å². The Balaban J connectivity index is 1.57. The maximum absolute atomic E-state index is 13.1. The molecular weight excluding hydrogens is 438 g/mol. The number of carbonyl (C=O) groups excluding carboxylic acids is 2.